The largest absolute Gasteiger partial charge is 0.463 e. The lowest BCUT2D eigenvalue weighted by Crippen LogP contribution is -2.21. The van der Waals surface area contributed by atoms with E-state index in [1.54, 1.807) is 4.68 Å². The number of hydrogen-bond donors (Lipinski definition) is 1. The molecular weight excluding hydrogens is 250 g/mol. The number of nitrogens with one attached hydrogen (secondary N) is 1. The number of rotatable bonds is 5. The Morgan fingerprint density at radius 3 is 2.72 bits per heavy atom. The number of aromatic nitrogens is 2. The number of aryl methyl sites for hydroxylation is 1. The molecule has 2 rings (SSSR count). The number of furan rings is 1. The lowest BCUT2D eigenvalue weighted by molar-refractivity contribution is 0.421. The quantitative estimate of drug-likeness (QED) is 0.906. The van der Waals surface area contributed by atoms with Crippen LogP contribution in [0.3, 0.4) is 0 Å². The summed E-state index contributed by atoms with van der Waals surface area (Å²) in [6.07, 6.45) is 1.81. The maximum absolute atomic E-state index is 5.96. The van der Waals surface area contributed by atoms with Gasteiger partial charge < -0.3 is 9.73 Å². The molecule has 0 bridgehead atoms. The number of nitrogens with zero attached hydrogens (tertiary/aromatic N) is 2. The molecule has 0 saturated heterocycles. The van der Waals surface area contributed by atoms with Gasteiger partial charge in [-0.25, -0.2) is 0 Å². The monoisotopic (exact) mass is 267 g/mol. The molecule has 0 radical (unpaired) electrons. The molecule has 98 valence electrons. The van der Waals surface area contributed by atoms with Crippen LogP contribution in [0.25, 0.3) is 0 Å². The normalized spacial score (nSPS) is 11.4. The smallest absolute Gasteiger partial charge is 0.125 e. The van der Waals surface area contributed by atoms with Gasteiger partial charge in [-0.2, -0.15) is 5.10 Å². The zero-order chi connectivity index (χ0) is 13.1. The Balaban J connectivity index is 1.98. The molecule has 4 nitrogen and oxygen atoms in total. The lowest BCUT2D eigenvalue weighted by Gasteiger charge is -2.05. The van der Waals surface area contributed by atoms with Gasteiger partial charge in [-0.15, -0.1) is 0 Å². The summed E-state index contributed by atoms with van der Waals surface area (Å²) in [6, 6.07) is 4.41. The molecule has 0 amide bonds. The maximum Gasteiger partial charge on any atom is 0.125 e. The van der Waals surface area contributed by atoms with Crippen molar-refractivity contribution in [2.75, 3.05) is 0 Å². The van der Waals surface area contributed by atoms with Gasteiger partial charge in [0.25, 0.3) is 0 Å². The summed E-state index contributed by atoms with van der Waals surface area (Å²) < 4.78 is 7.51. The van der Waals surface area contributed by atoms with E-state index in [4.69, 9.17) is 16.0 Å². The fraction of sp³-hybridized carbons (Fsp3) is 0.462. The van der Waals surface area contributed by atoms with Crippen molar-refractivity contribution in [1.29, 1.82) is 0 Å². The lowest BCUT2D eigenvalue weighted by atomic mass is 10.3. The Hall–Kier alpha value is -1.26. The van der Waals surface area contributed by atoms with Crippen LogP contribution in [0.4, 0.5) is 0 Å². The Morgan fingerprint density at radius 2 is 2.11 bits per heavy atom. The van der Waals surface area contributed by atoms with Gasteiger partial charge in [-0.05, 0) is 19.1 Å². The van der Waals surface area contributed by atoms with Crippen molar-refractivity contribution in [3.05, 3.63) is 40.6 Å². The molecule has 5 heteroatoms. The topological polar surface area (TPSA) is 43.0 Å². The molecule has 2 aromatic heterocycles. The molecule has 2 aromatic rings. The van der Waals surface area contributed by atoms with Gasteiger partial charge in [-0.3, -0.25) is 4.68 Å². The van der Waals surface area contributed by atoms with E-state index in [-0.39, 0.29) is 0 Å². The molecule has 0 aliphatic rings. The summed E-state index contributed by atoms with van der Waals surface area (Å²) in [4.78, 5) is 0. The second-order valence-electron chi connectivity index (χ2n) is 4.66. The van der Waals surface area contributed by atoms with Crippen LogP contribution < -0.4 is 5.32 Å². The molecule has 0 aliphatic carbocycles. The first-order valence-electron chi connectivity index (χ1n) is 6.05. The van der Waals surface area contributed by atoms with Crippen LogP contribution >= 0.6 is 11.6 Å². The van der Waals surface area contributed by atoms with Crippen LogP contribution in [-0.2, 0) is 13.1 Å². The van der Waals surface area contributed by atoms with E-state index in [9.17, 15) is 0 Å². The molecular formula is C13H18ClN3O. The summed E-state index contributed by atoms with van der Waals surface area (Å²) >= 11 is 5.96. The van der Waals surface area contributed by atoms with Gasteiger partial charge in [0, 0.05) is 12.2 Å². The molecule has 0 fully saturated rings. The number of halogens is 1. The van der Waals surface area contributed by atoms with E-state index in [0.29, 0.717) is 17.6 Å². The highest BCUT2D eigenvalue weighted by atomic mass is 35.5. The first-order chi connectivity index (χ1) is 8.54. The first kappa shape index (κ1) is 13.2. The highest BCUT2D eigenvalue weighted by molar-refractivity contribution is 6.31. The fourth-order valence-corrected chi connectivity index (χ4v) is 1.79. The zero-order valence-electron chi connectivity index (χ0n) is 10.9. The number of hydrogen-bond acceptors (Lipinski definition) is 3. The molecule has 2 heterocycles. The van der Waals surface area contributed by atoms with E-state index in [0.717, 1.165) is 23.8 Å². The highest BCUT2D eigenvalue weighted by Crippen LogP contribution is 2.14. The third-order valence-corrected chi connectivity index (χ3v) is 2.98. The summed E-state index contributed by atoms with van der Waals surface area (Å²) in [5, 5.41) is 8.30. The van der Waals surface area contributed by atoms with Gasteiger partial charge >= 0.3 is 0 Å². The summed E-state index contributed by atoms with van der Waals surface area (Å²) in [7, 11) is 0. The molecule has 0 spiro atoms. The third kappa shape index (κ3) is 3.37. The van der Waals surface area contributed by atoms with Crippen molar-refractivity contribution in [1.82, 2.24) is 15.1 Å². The van der Waals surface area contributed by atoms with Crippen molar-refractivity contribution in [2.45, 2.75) is 39.9 Å². The molecule has 0 unspecified atom stereocenters. The SMILES string of the molecule is Cc1nn(Cc2ccc(CNC(C)C)o2)cc1Cl. The Morgan fingerprint density at radius 1 is 1.39 bits per heavy atom. The first-order valence-corrected chi connectivity index (χ1v) is 6.43. The van der Waals surface area contributed by atoms with Crippen LogP contribution in [0.5, 0.6) is 0 Å². The zero-order valence-corrected chi connectivity index (χ0v) is 11.7. The maximum atomic E-state index is 5.96. The van der Waals surface area contributed by atoms with E-state index < -0.39 is 0 Å². The summed E-state index contributed by atoms with van der Waals surface area (Å²) in [5.41, 5.74) is 0.838. The second-order valence-corrected chi connectivity index (χ2v) is 5.07. The fourth-order valence-electron chi connectivity index (χ4n) is 1.64. The van der Waals surface area contributed by atoms with Gasteiger partial charge in [0.05, 0.1) is 23.8 Å². The average molecular weight is 268 g/mol. The van der Waals surface area contributed by atoms with Gasteiger partial charge in [0.2, 0.25) is 0 Å². The van der Waals surface area contributed by atoms with Crippen molar-refractivity contribution in [3.8, 4) is 0 Å². The Labute approximate surface area is 112 Å². The third-order valence-electron chi connectivity index (χ3n) is 2.61. The highest BCUT2D eigenvalue weighted by Gasteiger charge is 2.06. The van der Waals surface area contributed by atoms with Crippen LogP contribution in [0.1, 0.15) is 31.1 Å². The van der Waals surface area contributed by atoms with Crippen molar-refractivity contribution in [3.63, 3.8) is 0 Å². The van der Waals surface area contributed by atoms with Crippen LogP contribution in [0, 0.1) is 6.92 Å². The minimum absolute atomic E-state index is 0.450. The van der Waals surface area contributed by atoms with Gasteiger partial charge in [-0.1, -0.05) is 25.4 Å². The standard InChI is InChI=1S/C13H18ClN3O/c1-9(2)15-6-11-4-5-12(18-11)7-17-8-13(14)10(3)16-17/h4-5,8-9,15H,6-7H2,1-3H3. The molecule has 0 aromatic carbocycles. The van der Waals surface area contributed by atoms with Crippen molar-refractivity contribution < 1.29 is 4.42 Å². The van der Waals surface area contributed by atoms with E-state index in [2.05, 4.69) is 24.3 Å². The van der Waals surface area contributed by atoms with Gasteiger partial charge in [0.1, 0.15) is 11.5 Å². The van der Waals surface area contributed by atoms with E-state index in [1.165, 1.54) is 0 Å². The molecule has 0 aliphatic heterocycles. The summed E-state index contributed by atoms with van der Waals surface area (Å²) in [6.45, 7) is 7.46. The minimum atomic E-state index is 0.450. The molecule has 0 atom stereocenters. The average Bonchev–Trinajstić information content (AvgIpc) is 2.85. The van der Waals surface area contributed by atoms with Crippen LogP contribution in [-0.4, -0.2) is 15.8 Å². The van der Waals surface area contributed by atoms with Crippen molar-refractivity contribution >= 4 is 11.6 Å². The molecule has 18 heavy (non-hydrogen) atoms. The Bertz CT molecular complexity index is 497. The molecule has 1 N–H and O–H groups in total. The summed E-state index contributed by atoms with van der Waals surface area (Å²) in [5.74, 6) is 1.82. The Kier molecular flexibility index (Phi) is 4.09. The predicted molar refractivity (Wildman–Crippen MR) is 71.8 cm³/mol. The van der Waals surface area contributed by atoms with Crippen LogP contribution in [0.2, 0.25) is 5.02 Å². The molecule has 0 saturated carbocycles. The van der Waals surface area contributed by atoms with Gasteiger partial charge in [0.15, 0.2) is 0 Å². The van der Waals surface area contributed by atoms with E-state index in [1.807, 2.05) is 25.3 Å². The van der Waals surface area contributed by atoms with Crippen molar-refractivity contribution in [2.24, 2.45) is 0 Å². The van der Waals surface area contributed by atoms with E-state index >= 15 is 0 Å². The van der Waals surface area contributed by atoms with Crippen LogP contribution in [0.15, 0.2) is 22.7 Å². The minimum Gasteiger partial charge on any atom is -0.463 e. The predicted octanol–water partition coefficient (Wildman–Crippen LogP) is 2.98. The second kappa shape index (κ2) is 5.59.